The zero-order valence-electron chi connectivity index (χ0n) is 16.6. The lowest BCUT2D eigenvalue weighted by Gasteiger charge is -2.09. The van der Waals surface area contributed by atoms with Gasteiger partial charge in [-0.15, -0.1) is 0 Å². The van der Waals surface area contributed by atoms with Gasteiger partial charge < -0.3 is 10.1 Å². The highest BCUT2D eigenvalue weighted by Gasteiger charge is 2.19. The average molecular weight is 440 g/mol. The van der Waals surface area contributed by atoms with Gasteiger partial charge in [-0.25, -0.2) is 8.42 Å². The Bertz CT molecular complexity index is 1190. The van der Waals surface area contributed by atoms with Crippen LogP contribution in [0.1, 0.15) is 21.5 Å². The minimum atomic E-state index is -3.71. The highest BCUT2D eigenvalue weighted by molar-refractivity contribution is 7.90. The first-order valence-electron chi connectivity index (χ1n) is 9.26. The number of nitrogens with one attached hydrogen (secondary N) is 1. The van der Waals surface area contributed by atoms with Crippen LogP contribution in [0.4, 0.5) is 5.69 Å². The van der Waals surface area contributed by atoms with Crippen LogP contribution in [0.15, 0.2) is 77.7 Å². The molecule has 0 bridgehead atoms. The third-order valence-corrected chi connectivity index (χ3v) is 5.51. The van der Waals surface area contributed by atoms with E-state index in [1.165, 1.54) is 0 Å². The van der Waals surface area contributed by atoms with Crippen molar-refractivity contribution in [3.63, 3.8) is 0 Å². The van der Waals surface area contributed by atoms with Crippen molar-refractivity contribution in [2.45, 2.75) is 18.0 Å². The molecular weight excluding hydrogens is 420 g/mol. The van der Waals surface area contributed by atoms with Gasteiger partial charge in [0.15, 0.2) is 9.84 Å². The van der Waals surface area contributed by atoms with Gasteiger partial charge in [-0.1, -0.05) is 42.5 Å². The van der Waals surface area contributed by atoms with Gasteiger partial charge in [-0.05, 0) is 29.3 Å². The van der Waals surface area contributed by atoms with Crippen LogP contribution >= 0.6 is 0 Å². The van der Waals surface area contributed by atoms with E-state index in [1.54, 1.807) is 0 Å². The van der Waals surface area contributed by atoms with Crippen LogP contribution < -0.4 is 10.1 Å². The topological polar surface area (TPSA) is 116 Å². The molecule has 0 aliphatic rings. The maximum atomic E-state index is 12.4. The number of non-ortho nitro benzene ring substituents is 1. The number of hydrogen-bond donors (Lipinski definition) is 1. The number of para-hydroxylation sites is 1. The molecule has 0 heterocycles. The van der Waals surface area contributed by atoms with Gasteiger partial charge >= 0.3 is 0 Å². The summed E-state index contributed by atoms with van der Waals surface area (Å²) in [7, 11) is -3.71. The molecule has 3 rings (SSSR count). The predicted molar refractivity (Wildman–Crippen MR) is 115 cm³/mol. The molecule has 0 atom stereocenters. The van der Waals surface area contributed by atoms with Crippen molar-refractivity contribution in [2.24, 2.45) is 0 Å². The normalized spacial score (nSPS) is 11.0. The lowest BCUT2D eigenvalue weighted by molar-refractivity contribution is -0.385. The molecule has 1 amide bonds. The van der Waals surface area contributed by atoms with Crippen molar-refractivity contribution in [1.29, 1.82) is 0 Å². The molecule has 0 saturated carbocycles. The summed E-state index contributed by atoms with van der Waals surface area (Å²) in [6.07, 6.45) is 0.927. The molecular formula is C22H20N2O6S. The Labute approximate surface area is 179 Å². The molecule has 31 heavy (non-hydrogen) atoms. The highest BCUT2D eigenvalue weighted by Crippen LogP contribution is 2.21. The quantitative estimate of drug-likeness (QED) is 0.423. The number of sulfone groups is 1. The third-order valence-electron chi connectivity index (χ3n) is 4.42. The molecule has 9 heteroatoms. The Morgan fingerprint density at radius 2 is 1.65 bits per heavy atom. The maximum absolute atomic E-state index is 12.4. The molecule has 160 valence electrons. The molecule has 0 aliphatic carbocycles. The van der Waals surface area contributed by atoms with E-state index in [2.05, 4.69) is 5.32 Å². The maximum Gasteiger partial charge on any atom is 0.271 e. The molecule has 0 aromatic heterocycles. The van der Waals surface area contributed by atoms with Gasteiger partial charge in [0.1, 0.15) is 12.4 Å². The van der Waals surface area contributed by atoms with Gasteiger partial charge in [-0.3, -0.25) is 14.9 Å². The smallest absolute Gasteiger partial charge is 0.271 e. The number of nitrogens with zero attached hydrogens (tertiary/aromatic N) is 1. The van der Waals surface area contributed by atoms with Crippen LogP contribution in [0.25, 0.3) is 0 Å². The molecule has 0 saturated heterocycles. The van der Waals surface area contributed by atoms with E-state index < -0.39 is 26.4 Å². The second-order valence-corrected chi connectivity index (χ2v) is 8.86. The summed E-state index contributed by atoms with van der Waals surface area (Å²) in [4.78, 5) is 22.5. The molecule has 0 radical (unpaired) electrons. The van der Waals surface area contributed by atoms with E-state index in [4.69, 9.17) is 4.74 Å². The lowest BCUT2D eigenvalue weighted by Crippen LogP contribution is -2.23. The minimum Gasteiger partial charge on any atom is -0.489 e. The summed E-state index contributed by atoms with van der Waals surface area (Å²) in [5.74, 6) is 0.161. The SMILES string of the molecule is CS(=O)(=O)c1cc(C(=O)NCc2ccc(COc3ccccc3)cc2)cc([N+](=O)[O-])c1. The summed E-state index contributed by atoms with van der Waals surface area (Å²) in [5.41, 5.74) is 1.21. The van der Waals surface area contributed by atoms with Crippen LogP contribution in [0.3, 0.4) is 0 Å². The van der Waals surface area contributed by atoms with Crippen molar-refractivity contribution < 1.29 is 22.9 Å². The van der Waals surface area contributed by atoms with E-state index in [0.717, 1.165) is 41.3 Å². The first kappa shape index (κ1) is 22.0. The highest BCUT2D eigenvalue weighted by atomic mass is 32.2. The van der Waals surface area contributed by atoms with Crippen molar-refractivity contribution >= 4 is 21.4 Å². The predicted octanol–water partition coefficient (Wildman–Crippen LogP) is 3.51. The Morgan fingerprint density at radius 1 is 1.00 bits per heavy atom. The summed E-state index contributed by atoms with van der Waals surface area (Å²) in [5, 5.41) is 13.7. The zero-order chi connectivity index (χ0) is 22.4. The van der Waals surface area contributed by atoms with Gasteiger partial charge in [0, 0.05) is 30.5 Å². The largest absolute Gasteiger partial charge is 0.489 e. The number of hydrogen-bond acceptors (Lipinski definition) is 6. The minimum absolute atomic E-state index is 0.0949. The van der Waals surface area contributed by atoms with Crippen molar-refractivity contribution in [3.05, 3.63) is 99.6 Å². The van der Waals surface area contributed by atoms with Gasteiger partial charge in [0.25, 0.3) is 11.6 Å². The van der Waals surface area contributed by atoms with Gasteiger partial charge in [0.05, 0.1) is 9.82 Å². The van der Waals surface area contributed by atoms with Gasteiger partial charge in [-0.2, -0.15) is 0 Å². The number of nitro benzene ring substituents is 1. The molecule has 1 N–H and O–H groups in total. The summed E-state index contributed by atoms with van der Waals surface area (Å²) < 4.78 is 29.2. The van der Waals surface area contributed by atoms with Crippen LogP contribution in [0, 0.1) is 10.1 Å². The number of ether oxygens (including phenoxy) is 1. The number of benzene rings is 3. The number of nitro groups is 1. The van der Waals surface area contributed by atoms with E-state index >= 15 is 0 Å². The first-order valence-corrected chi connectivity index (χ1v) is 11.1. The number of amides is 1. The first-order chi connectivity index (χ1) is 14.7. The Morgan fingerprint density at radius 3 is 2.26 bits per heavy atom. The van der Waals surface area contributed by atoms with E-state index in [1.807, 2.05) is 54.6 Å². The molecule has 0 fully saturated rings. The molecule has 8 nitrogen and oxygen atoms in total. The average Bonchev–Trinajstić information content (AvgIpc) is 2.76. The second-order valence-electron chi connectivity index (χ2n) is 6.85. The van der Waals surface area contributed by atoms with E-state index in [0.29, 0.717) is 6.61 Å². The van der Waals surface area contributed by atoms with Crippen molar-refractivity contribution in [2.75, 3.05) is 6.26 Å². The molecule has 3 aromatic rings. The van der Waals surface area contributed by atoms with Gasteiger partial charge in [0.2, 0.25) is 0 Å². The fraction of sp³-hybridized carbons (Fsp3) is 0.136. The summed E-state index contributed by atoms with van der Waals surface area (Å²) >= 11 is 0. The third kappa shape index (κ3) is 6.13. The van der Waals surface area contributed by atoms with E-state index in [9.17, 15) is 23.3 Å². The molecule has 0 unspecified atom stereocenters. The second kappa shape index (κ2) is 9.40. The fourth-order valence-corrected chi connectivity index (χ4v) is 3.43. The zero-order valence-corrected chi connectivity index (χ0v) is 17.5. The van der Waals surface area contributed by atoms with E-state index in [-0.39, 0.29) is 17.0 Å². The van der Waals surface area contributed by atoms with Crippen LogP contribution in [-0.4, -0.2) is 25.5 Å². The van der Waals surface area contributed by atoms with Crippen molar-refractivity contribution in [1.82, 2.24) is 5.32 Å². The molecule has 0 spiro atoms. The monoisotopic (exact) mass is 440 g/mol. The standard InChI is InChI=1S/C22H20N2O6S/c1-31(28,29)21-12-18(11-19(13-21)24(26)27)22(25)23-14-16-7-9-17(10-8-16)15-30-20-5-3-2-4-6-20/h2-13H,14-15H2,1H3,(H,23,25). The number of rotatable bonds is 8. The van der Waals surface area contributed by atoms with Crippen LogP contribution in [0.2, 0.25) is 0 Å². The Kier molecular flexibility index (Phi) is 6.66. The number of carbonyl (C=O) groups excluding carboxylic acids is 1. The Balaban J connectivity index is 1.64. The van der Waals surface area contributed by atoms with Crippen LogP contribution in [0.5, 0.6) is 5.75 Å². The Hall–Kier alpha value is -3.72. The molecule has 0 aliphatic heterocycles. The summed E-state index contributed by atoms with van der Waals surface area (Å²) in [6, 6.07) is 19.9. The molecule has 3 aromatic carbocycles. The van der Waals surface area contributed by atoms with Crippen LogP contribution in [-0.2, 0) is 23.0 Å². The fourth-order valence-electron chi connectivity index (χ4n) is 2.76. The summed E-state index contributed by atoms with van der Waals surface area (Å²) in [6.45, 7) is 0.578. The lowest BCUT2D eigenvalue weighted by atomic mass is 10.1. The van der Waals surface area contributed by atoms with Crippen molar-refractivity contribution in [3.8, 4) is 5.75 Å². The number of carbonyl (C=O) groups is 1.